The highest BCUT2D eigenvalue weighted by Crippen LogP contribution is 2.29. The molecule has 0 amide bonds. The van der Waals surface area contributed by atoms with Crippen molar-refractivity contribution in [2.75, 3.05) is 7.11 Å². The van der Waals surface area contributed by atoms with Gasteiger partial charge in [-0.1, -0.05) is 30.3 Å². The molecule has 0 radical (unpaired) electrons. The van der Waals surface area contributed by atoms with Crippen molar-refractivity contribution in [3.8, 4) is 0 Å². The molecule has 0 saturated heterocycles. The van der Waals surface area contributed by atoms with Gasteiger partial charge in [0.15, 0.2) is 0 Å². The Balaban J connectivity index is 1.89. The summed E-state index contributed by atoms with van der Waals surface area (Å²) in [6, 6.07) is 10.3. The van der Waals surface area contributed by atoms with Gasteiger partial charge in [-0.15, -0.1) is 0 Å². The third-order valence-electron chi connectivity index (χ3n) is 3.89. The van der Waals surface area contributed by atoms with Gasteiger partial charge in [0, 0.05) is 19.2 Å². The van der Waals surface area contributed by atoms with Gasteiger partial charge in [0.1, 0.15) is 5.82 Å². The minimum Gasteiger partial charge on any atom is -0.469 e. The molecule has 0 saturated carbocycles. The second kappa shape index (κ2) is 5.49. The molecule has 3 rings (SSSR count). The molecule has 2 heterocycles. The van der Waals surface area contributed by atoms with Gasteiger partial charge >= 0.3 is 5.97 Å². The summed E-state index contributed by atoms with van der Waals surface area (Å²) in [6.45, 7) is 0.936. The number of nitrogens with zero attached hydrogens (tertiary/aromatic N) is 2. The average molecular weight is 270 g/mol. The molecule has 4 heteroatoms. The van der Waals surface area contributed by atoms with Crippen LogP contribution in [0.2, 0.25) is 0 Å². The van der Waals surface area contributed by atoms with Crippen LogP contribution in [0.4, 0.5) is 0 Å². The van der Waals surface area contributed by atoms with E-state index in [9.17, 15) is 4.79 Å². The molecule has 4 nitrogen and oxygen atoms in total. The van der Waals surface area contributed by atoms with Crippen LogP contribution in [-0.2, 0) is 22.5 Å². The fourth-order valence-electron chi connectivity index (χ4n) is 2.87. The van der Waals surface area contributed by atoms with Crippen LogP contribution in [0.25, 0.3) is 0 Å². The fraction of sp³-hybridized carbons (Fsp3) is 0.375. The lowest BCUT2D eigenvalue weighted by molar-refractivity contribution is -0.143. The Morgan fingerprint density at radius 1 is 1.40 bits per heavy atom. The molecule has 1 aliphatic heterocycles. The van der Waals surface area contributed by atoms with Gasteiger partial charge in [0.2, 0.25) is 0 Å². The minimum atomic E-state index is -0.161. The molecule has 0 spiro atoms. The van der Waals surface area contributed by atoms with Crippen molar-refractivity contribution in [3.63, 3.8) is 0 Å². The normalized spacial score (nSPS) is 17.6. The average Bonchev–Trinajstić information content (AvgIpc) is 2.91. The van der Waals surface area contributed by atoms with Gasteiger partial charge in [-0.2, -0.15) is 0 Å². The van der Waals surface area contributed by atoms with Gasteiger partial charge in [0.25, 0.3) is 0 Å². The lowest BCUT2D eigenvalue weighted by Gasteiger charge is -2.23. The molecule has 0 bridgehead atoms. The van der Waals surface area contributed by atoms with Crippen molar-refractivity contribution in [1.82, 2.24) is 9.55 Å². The Bertz CT molecular complexity index is 604. The van der Waals surface area contributed by atoms with E-state index in [0.717, 1.165) is 37.3 Å². The van der Waals surface area contributed by atoms with Gasteiger partial charge in [-0.25, -0.2) is 4.98 Å². The number of hydrogen-bond acceptors (Lipinski definition) is 3. The Morgan fingerprint density at radius 3 is 2.95 bits per heavy atom. The Hall–Kier alpha value is -2.10. The molecular formula is C16H18N2O2. The summed E-state index contributed by atoms with van der Waals surface area (Å²) in [5.41, 5.74) is 2.23. The van der Waals surface area contributed by atoms with Crippen LogP contribution in [0, 0.1) is 0 Å². The van der Waals surface area contributed by atoms with Gasteiger partial charge in [-0.05, 0) is 18.4 Å². The number of hydrogen-bond donors (Lipinski definition) is 0. The zero-order valence-electron chi connectivity index (χ0n) is 11.6. The first-order chi connectivity index (χ1) is 9.79. The third-order valence-corrected chi connectivity index (χ3v) is 3.89. The Kier molecular flexibility index (Phi) is 3.54. The van der Waals surface area contributed by atoms with Crippen molar-refractivity contribution in [3.05, 3.63) is 53.6 Å². The van der Waals surface area contributed by atoms with E-state index < -0.39 is 0 Å². The van der Waals surface area contributed by atoms with E-state index in [4.69, 9.17) is 4.74 Å². The number of ether oxygens (including phenoxy) is 1. The largest absolute Gasteiger partial charge is 0.469 e. The van der Waals surface area contributed by atoms with Crippen molar-refractivity contribution in [2.45, 2.75) is 31.7 Å². The van der Waals surface area contributed by atoms with E-state index in [2.05, 4.69) is 21.7 Å². The summed E-state index contributed by atoms with van der Waals surface area (Å²) in [6.07, 6.45) is 4.47. The Labute approximate surface area is 118 Å². The fourth-order valence-corrected chi connectivity index (χ4v) is 2.87. The highest BCUT2D eigenvalue weighted by Gasteiger charge is 2.29. The molecule has 1 unspecified atom stereocenters. The number of esters is 1. The monoisotopic (exact) mass is 270 g/mol. The van der Waals surface area contributed by atoms with Crippen molar-refractivity contribution < 1.29 is 9.53 Å². The SMILES string of the molecule is COC(=O)C1CCCn2c1cnc2Cc1ccccc1. The van der Waals surface area contributed by atoms with E-state index in [-0.39, 0.29) is 11.9 Å². The first kappa shape index (κ1) is 12.9. The number of methoxy groups -OCH3 is 1. The van der Waals surface area contributed by atoms with Crippen LogP contribution in [-0.4, -0.2) is 22.6 Å². The third kappa shape index (κ3) is 2.33. The summed E-state index contributed by atoms with van der Waals surface area (Å²) >= 11 is 0. The van der Waals surface area contributed by atoms with Gasteiger partial charge in [0.05, 0.1) is 18.7 Å². The van der Waals surface area contributed by atoms with Crippen molar-refractivity contribution in [2.24, 2.45) is 0 Å². The van der Waals surface area contributed by atoms with Crippen LogP contribution in [0.5, 0.6) is 0 Å². The van der Waals surface area contributed by atoms with Crippen LogP contribution in [0.3, 0.4) is 0 Å². The lowest BCUT2D eigenvalue weighted by Crippen LogP contribution is -2.23. The maximum atomic E-state index is 11.8. The van der Waals surface area contributed by atoms with Crippen molar-refractivity contribution in [1.29, 1.82) is 0 Å². The Morgan fingerprint density at radius 2 is 2.20 bits per heavy atom. The summed E-state index contributed by atoms with van der Waals surface area (Å²) in [7, 11) is 1.45. The summed E-state index contributed by atoms with van der Waals surface area (Å²) in [5, 5.41) is 0. The predicted octanol–water partition coefficient (Wildman–Crippen LogP) is 2.52. The van der Waals surface area contributed by atoms with Crippen LogP contribution >= 0.6 is 0 Å². The second-order valence-electron chi connectivity index (χ2n) is 5.13. The smallest absolute Gasteiger partial charge is 0.314 e. The number of fused-ring (bicyclic) bond motifs is 1. The first-order valence-electron chi connectivity index (χ1n) is 6.95. The molecular weight excluding hydrogens is 252 g/mol. The number of carbonyl (C=O) groups excluding carboxylic acids is 1. The molecule has 0 fully saturated rings. The van der Waals surface area contributed by atoms with E-state index in [1.54, 1.807) is 0 Å². The zero-order chi connectivity index (χ0) is 13.9. The number of imidazole rings is 1. The van der Waals surface area contributed by atoms with E-state index in [0.29, 0.717) is 0 Å². The molecule has 20 heavy (non-hydrogen) atoms. The van der Waals surface area contributed by atoms with E-state index in [1.165, 1.54) is 12.7 Å². The van der Waals surface area contributed by atoms with Crippen LogP contribution < -0.4 is 0 Å². The molecule has 0 N–H and O–H groups in total. The maximum Gasteiger partial charge on any atom is 0.314 e. The molecule has 1 aliphatic rings. The summed E-state index contributed by atoms with van der Waals surface area (Å²) in [5.74, 6) is 0.711. The molecule has 2 aromatic rings. The summed E-state index contributed by atoms with van der Waals surface area (Å²) < 4.78 is 7.07. The van der Waals surface area contributed by atoms with Crippen LogP contribution in [0.1, 0.15) is 35.8 Å². The van der Waals surface area contributed by atoms with E-state index >= 15 is 0 Å². The predicted molar refractivity (Wildman–Crippen MR) is 75.5 cm³/mol. The molecule has 0 aliphatic carbocycles. The quantitative estimate of drug-likeness (QED) is 0.805. The van der Waals surface area contributed by atoms with Crippen LogP contribution in [0.15, 0.2) is 36.5 Å². The summed E-state index contributed by atoms with van der Waals surface area (Å²) in [4.78, 5) is 16.3. The number of rotatable bonds is 3. The highest BCUT2D eigenvalue weighted by molar-refractivity contribution is 5.77. The minimum absolute atomic E-state index is 0.155. The first-order valence-corrected chi connectivity index (χ1v) is 6.95. The lowest BCUT2D eigenvalue weighted by atomic mass is 9.96. The molecule has 1 atom stereocenters. The molecule has 1 aromatic heterocycles. The number of carbonyl (C=O) groups is 1. The number of aromatic nitrogens is 2. The molecule has 1 aromatic carbocycles. The zero-order valence-corrected chi connectivity index (χ0v) is 11.6. The standard InChI is InChI=1S/C16H18N2O2/c1-20-16(19)13-8-5-9-18-14(13)11-17-15(18)10-12-6-3-2-4-7-12/h2-4,6-7,11,13H,5,8-10H2,1H3. The van der Waals surface area contributed by atoms with E-state index in [1.807, 2.05) is 24.4 Å². The van der Waals surface area contributed by atoms with Crippen molar-refractivity contribution >= 4 is 5.97 Å². The number of benzene rings is 1. The maximum absolute atomic E-state index is 11.8. The topological polar surface area (TPSA) is 44.1 Å². The van der Waals surface area contributed by atoms with Gasteiger partial charge in [-0.3, -0.25) is 4.79 Å². The van der Waals surface area contributed by atoms with Gasteiger partial charge < -0.3 is 9.30 Å². The molecule has 104 valence electrons. The second-order valence-corrected chi connectivity index (χ2v) is 5.13. The highest BCUT2D eigenvalue weighted by atomic mass is 16.5.